The molecule has 1 unspecified atom stereocenters. The van der Waals surface area contributed by atoms with Gasteiger partial charge in [-0.1, -0.05) is 44.2 Å². The van der Waals surface area contributed by atoms with Crippen LogP contribution in [0.5, 0.6) is 0 Å². The van der Waals surface area contributed by atoms with Crippen molar-refractivity contribution in [2.45, 2.75) is 39.1 Å². The first-order valence-corrected chi connectivity index (χ1v) is 10.9. The SMILES string of the molecule is CCNC(=NCc1nccn1Cc1ccccc1)N1CCSC(C(C)C)C1.I. The fraction of sp³-hybridized carbons (Fsp3) is 0.524. The highest BCUT2D eigenvalue weighted by Crippen LogP contribution is 2.25. The molecule has 1 aromatic heterocycles. The lowest BCUT2D eigenvalue weighted by molar-refractivity contribution is 0.380. The molecule has 2 aromatic rings. The largest absolute Gasteiger partial charge is 0.357 e. The van der Waals surface area contributed by atoms with Gasteiger partial charge in [0.25, 0.3) is 0 Å². The van der Waals surface area contributed by atoms with Crippen molar-refractivity contribution in [2.24, 2.45) is 10.9 Å². The predicted molar refractivity (Wildman–Crippen MR) is 131 cm³/mol. The van der Waals surface area contributed by atoms with E-state index in [1.807, 2.05) is 18.5 Å². The molecule has 0 aliphatic carbocycles. The van der Waals surface area contributed by atoms with Crippen molar-refractivity contribution in [3.05, 3.63) is 54.1 Å². The van der Waals surface area contributed by atoms with E-state index in [0.717, 1.165) is 43.7 Å². The van der Waals surface area contributed by atoms with Gasteiger partial charge in [0.2, 0.25) is 0 Å². The molecule has 1 atom stereocenters. The molecular weight excluding hydrogens is 481 g/mol. The number of rotatable bonds is 6. The lowest BCUT2D eigenvalue weighted by Gasteiger charge is -2.36. The molecule has 1 fully saturated rings. The van der Waals surface area contributed by atoms with E-state index < -0.39 is 0 Å². The summed E-state index contributed by atoms with van der Waals surface area (Å²) in [5.74, 6) is 3.86. The van der Waals surface area contributed by atoms with Crippen LogP contribution in [0.4, 0.5) is 0 Å². The van der Waals surface area contributed by atoms with Crippen LogP contribution in [0, 0.1) is 5.92 Å². The van der Waals surface area contributed by atoms with E-state index in [1.165, 1.54) is 5.56 Å². The predicted octanol–water partition coefficient (Wildman–Crippen LogP) is 4.09. The Balaban J connectivity index is 0.00000280. The standard InChI is InChI=1S/C21H31N5S.HI/c1-4-22-21(26-12-13-27-19(16-26)17(2)3)24-14-20-23-10-11-25(20)15-18-8-6-5-7-9-18;/h5-11,17,19H,4,12-16H2,1-3H3,(H,22,24);1H. The maximum absolute atomic E-state index is 4.91. The number of nitrogens with zero attached hydrogens (tertiary/aromatic N) is 4. The summed E-state index contributed by atoms with van der Waals surface area (Å²) in [4.78, 5) is 11.9. The summed E-state index contributed by atoms with van der Waals surface area (Å²) < 4.78 is 2.19. The van der Waals surface area contributed by atoms with Gasteiger partial charge >= 0.3 is 0 Å². The number of hydrogen-bond acceptors (Lipinski definition) is 3. The molecule has 0 saturated carbocycles. The average Bonchev–Trinajstić information content (AvgIpc) is 3.13. The molecule has 1 N–H and O–H groups in total. The van der Waals surface area contributed by atoms with E-state index in [9.17, 15) is 0 Å². The third-order valence-corrected chi connectivity index (χ3v) is 6.38. The van der Waals surface area contributed by atoms with E-state index in [4.69, 9.17) is 4.99 Å². The summed E-state index contributed by atoms with van der Waals surface area (Å²) in [6.45, 7) is 11.2. The molecule has 7 heteroatoms. The zero-order valence-corrected chi connectivity index (χ0v) is 20.2. The van der Waals surface area contributed by atoms with E-state index in [0.29, 0.717) is 17.7 Å². The fourth-order valence-corrected chi connectivity index (χ4v) is 4.56. The Hall–Kier alpha value is -1.22. The second-order valence-corrected chi connectivity index (χ2v) is 8.57. The van der Waals surface area contributed by atoms with Crippen molar-refractivity contribution in [3.8, 4) is 0 Å². The molecule has 0 bridgehead atoms. The third kappa shape index (κ3) is 6.40. The molecule has 1 saturated heterocycles. The van der Waals surface area contributed by atoms with Crippen LogP contribution in [0.1, 0.15) is 32.2 Å². The number of halogens is 1. The molecule has 28 heavy (non-hydrogen) atoms. The van der Waals surface area contributed by atoms with Gasteiger partial charge in [0, 0.05) is 49.6 Å². The Morgan fingerprint density at radius 1 is 1.32 bits per heavy atom. The number of benzene rings is 1. The molecule has 0 spiro atoms. The van der Waals surface area contributed by atoms with Crippen LogP contribution in [0.2, 0.25) is 0 Å². The zero-order valence-electron chi connectivity index (χ0n) is 17.0. The van der Waals surface area contributed by atoms with Gasteiger partial charge in [-0.05, 0) is 18.4 Å². The lowest BCUT2D eigenvalue weighted by Crippen LogP contribution is -2.49. The van der Waals surface area contributed by atoms with E-state index in [-0.39, 0.29) is 24.0 Å². The van der Waals surface area contributed by atoms with Crippen molar-refractivity contribution < 1.29 is 0 Å². The highest BCUT2D eigenvalue weighted by Gasteiger charge is 2.24. The van der Waals surface area contributed by atoms with Crippen LogP contribution in [-0.2, 0) is 13.1 Å². The van der Waals surface area contributed by atoms with Crippen LogP contribution in [0.15, 0.2) is 47.7 Å². The maximum atomic E-state index is 4.91. The van der Waals surface area contributed by atoms with Crippen LogP contribution < -0.4 is 5.32 Å². The third-order valence-electron chi connectivity index (χ3n) is 4.84. The summed E-state index contributed by atoms with van der Waals surface area (Å²) in [5, 5.41) is 4.14. The Morgan fingerprint density at radius 2 is 2.11 bits per heavy atom. The Kier molecular flexibility index (Phi) is 9.64. The minimum Gasteiger partial charge on any atom is -0.357 e. The molecule has 2 heterocycles. The van der Waals surface area contributed by atoms with Gasteiger partial charge in [-0.3, -0.25) is 0 Å². The van der Waals surface area contributed by atoms with Crippen molar-refractivity contribution >= 4 is 41.7 Å². The first kappa shape index (κ1) is 23.1. The molecule has 3 rings (SSSR count). The van der Waals surface area contributed by atoms with Gasteiger partial charge in [0.05, 0.1) is 0 Å². The zero-order chi connectivity index (χ0) is 19.1. The number of nitrogens with one attached hydrogen (secondary N) is 1. The van der Waals surface area contributed by atoms with Gasteiger partial charge in [-0.15, -0.1) is 24.0 Å². The minimum atomic E-state index is 0. The number of guanidine groups is 1. The van der Waals surface area contributed by atoms with Crippen molar-refractivity contribution in [1.82, 2.24) is 19.8 Å². The van der Waals surface area contributed by atoms with E-state index >= 15 is 0 Å². The Labute approximate surface area is 190 Å². The monoisotopic (exact) mass is 513 g/mol. The lowest BCUT2D eigenvalue weighted by atomic mass is 10.1. The van der Waals surface area contributed by atoms with Gasteiger partial charge in [0.1, 0.15) is 12.4 Å². The highest BCUT2D eigenvalue weighted by atomic mass is 127. The Bertz CT molecular complexity index is 731. The van der Waals surface area contributed by atoms with Crippen molar-refractivity contribution in [3.63, 3.8) is 0 Å². The number of aromatic nitrogens is 2. The molecule has 5 nitrogen and oxygen atoms in total. The maximum Gasteiger partial charge on any atom is 0.194 e. The normalized spacial score (nSPS) is 17.5. The second-order valence-electron chi connectivity index (χ2n) is 7.23. The molecule has 1 aliphatic heterocycles. The Morgan fingerprint density at radius 3 is 2.82 bits per heavy atom. The highest BCUT2D eigenvalue weighted by molar-refractivity contribution is 14.0. The summed E-state index contributed by atoms with van der Waals surface area (Å²) in [7, 11) is 0. The quantitative estimate of drug-likeness (QED) is 0.359. The van der Waals surface area contributed by atoms with Gasteiger partial charge < -0.3 is 14.8 Å². The summed E-state index contributed by atoms with van der Waals surface area (Å²) >= 11 is 2.09. The molecule has 0 radical (unpaired) electrons. The molecular formula is C21H32IN5S. The summed E-state index contributed by atoms with van der Waals surface area (Å²) in [6.07, 6.45) is 3.91. The first-order valence-electron chi connectivity index (χ1n) is 9.86. The van der Waals surface area contributed by atoms with E-state index in [2.05, 4.69) is 76.6 Å². The molecule has 1 aromatic carbocycles. The van der Waals surface area contributed by atoms with E-state index in [1.54, 1.807) is 0 Å². The van der Waals surface area contributed by atoms with Gasteiger partial charge in [0.15, 0.2) is 5.96 Å². The smallest absolute Gasteiger partial charge is 0.194 e. The summed E-state index contributed by atoms with van der Waals surface area (Å²) in [5.41, 5.74) is 1.28. The molecule has 1 aliphatic rings. The average molecular weight is 513 g/mol. The second kappa shape index (κ2) is 11.7. The molecule has 154 valence electrons. The van der Waals surface area contributed by atoms with Gasteiger partial charge in [-0.25, -0.2) is 9.98 Å². The first-order chi connectivity index (χ1) is 13.2. The topological polar surface area (TPSA) is 45.5 Å². The molecule has 0 amide bonds. The fourth-order valence-electron chi connectivity index (χ4n) is 3.26. The number of imidazole rings is 1. The van der Waals surface area contributed by atoms with Crippen molar-refractivity contribution in [2.75, 3.05) is 25.4 Å². The number of thioether (sulfide) groups is 1. The number of hydrogen-bond donors (Lipinski definition) is 1. The minimum absolute atomic E-state index is 0. The van der Waals surface area contributed by atoms with Gasteiger partial charge in [-0.2, -0.15) is 11.8 Å². The van der Waals surface area contributed by atoms with Crippen LogP contribution in [0.25, 0.3) is 0 Å². The van der Waals surface area contributed by atoms with Crippen LogP contribution >= 0.6 is 35.7 Å². The summed E-state index contributed by atoms with van der Waals surface area (Å²) in [6, 6.07) is 10.5. The van der Waals surface area contributed by atoms with Crippen LogP contribution in [0.3, 0.4) is 0 Å². The number of aliphatic imine (C=N–C) groups is 1. The van der Waals surface area contributed by atoms with Crippen LogP contribution in [-0.4, -0.2) is 51.0 Å². The van der Waals surface area contributed by atoms with Crippen molar-refractivity contribution in [1.29, 1.82) is 0 Å².